The van der Waals surface area contributed by atoms with Crippen molar-refractivity contribution >= 4 is 49.4 Å². The molecule has 4 nitrogen and oxygen atoms in total. The van der Waals surface area contributed by atoms with Crippen molar-refractivity contribution in [2.75, 3.05) is 6.54 Å². The number of hydrogen-bond acceptors (Lipinski definition) is 2. The second kappa shape index (κ2) is 6.16. The number of fused-ring (bicyclic) bond motifs is 7. The second-order valence-electron chi connectivity index (χ2n) is 7.97. The lowest BCUT2D eigenvalue weighted by atomic mass is 10.1. The maximum absolute atomic E-state index is 5.67. The Morgan fingerprint density at radius 1 is 0.839 bits per heavy atom. The van der Waals surface area contributed by atoms with Crippen LogP contribution in [0.25, 0.3) is 60.8 Å². The number of aromatic nitrogens is 2. The summed E-state index contributed by atoms with van der Waals surface area (Å²) in [6.45, 7) is 0.817. The van der Waals surface area contributed by atoms with Gasteiger partial charge in [0.1, 0.15) is 11.6 Å². The number of H-pyrrole nitrogens is 1. The smallest absolute Gasteiger partial charge is 0.133 e. The summed E-state index contributed by atoms with van der Waals surface area (Å²) >= 11 is 0. The molecule has 3 aromatic carbocycles. The molecule has 148 valence electrons. The summed E-state index contributed by atoms with van der Waals surface area (Å²) in [4.78, 5) is 3.69. The lowest BCUT2D eigenvalue weighted by Gasteiger charge is -2.17. The molecule has 0 fully saturated rings. The summed E-state index contributed by atoms with van der Waals surface area (Å²) in [6, 6.07) is 23.5. The first-order valence-corrected chi connectivity index (χ1v) is 10.5. The van der Waals surface area contributed by atoms with Gasteiger partial charge in [0.05, 0.1) is 22.8 Å². The third-order valence-corrected chi connectivity index (χ3v) is 6.23. The Hall–Kier alpha value is -4.18. The summed E-state index contributed by atoms with van der Waals surface area (Å²) in [6.07, 6.45) is 8.13. The fraction of sp³-hybridized carbons (Fsp3) is 0.0370. The highest BCUT2D eigenvalue weighted by atomic mass is 16.3. The number of dihydropyridines is 1. The average molecular weight is 401 g/mol. The minimum atomic E-state index is 0.817. The standard InChI is InChI=1S/C27H19N3O/c1-2-7-19-17(6-1)10-12-20-25-27(30(26(19)20)24-9-3-4-14-28-24)21-16-18(11-13-22(21)29-25)23-8-5-15-31-23/h1-13,15-16,28-29H,14H2. The molecule has 3 aromatic heterocycles. The van der Waals surface area contributed by atoms with Crippen molar-refractivity contribution in [1.29, 1.82) is 0 Å². The molecule has 0 radical (unpaired) electrons. The molecule has 2 N–H and O–H groups in total. The Morgan fingerprint density at radius 3 is 2.68 bits per heavy atom. The Labute approximate surface area is 178 Å². The molecule has 0 saturated heterocycles. The summed E-state index contributed by atoms with van der Waals surface area (Å²) in [5.74, 6) is 1.96. The maximum atomic E-state index is 5.67. The van der Waals surface area contributed by atoms with E-state index in [0.29, 0.717) is 0 Å². The lowest BCUT2D eigenvalue weighted by molar-refractivity contribution is 0.582. The van der Waals surface area contributed by atoms with Gasteiger partial charge in [0.2, 0.25) is 0 Å². The van der Waals surface area contributed by atoms with Crippen molar-refractivity contribution < 1.29 is 4.42 Å². The zero-order chi connectivity index (χ0) is 20.4. The molecule has 4 heterocycles. The van der Waals surface area contributed by atoms with Gasteiger partial charge in [-0.15, -0.1) is 0 Å². The van der Waals surface area contributed by atoms with Crippen LogP contribution in [-0.2, 0) is 0 Å². The van der Waals surface area contributed by atoms with E-state index in [2.05, 4.69) is 87.7 Å². The molecule has 0 amide bonds. The van der Waals surface area contributed by atoms with Crippen LogP contribution in [0, 0.1) is 0 Å². The van der Waals surface area contributed by atoms with Gasteiger partial charge in [-0.2, -0.15) is 0 Å². The summed E-state index contributed by atoms with van der Waals surface area (Å²) in [7, 11) is 0. The van der Waals surface area contributed by atoms with Crippen LogP contribution in [0.5, 0.6) is 0 Å². The number of nitrogens with zero attached hydrogens (tertiary/aromatic N) is 1. The van der Waals surface area contributed by atoms with Crippen LogP contribution in [0.1, 0.15) is 0 Å². The topological polar surface area (TPSA) is 45.9 Å². The lowest BCUT2D eigenvalue weighted by Crippen LogP contribution is -2.19. The molecule has 0 atom stereocenters. The third kappa shape index (κ3) is 2.30. The van der Waals surface area contributed by atoms with E-state index >= 15 is 0 Å². The van der Waals surface area contributed by atoms with E-state index < -0.39 is 0 Å². The van der Waals surface area contributed by atoms with Crippen LogP contribution in [0.4, 0.5) is 0 Å². The molecule has 6 aromatic rings. The molecule has 1 aliphatic heterocycles. The van der Waals surface area contributed by atoms with Crippen LogP contribution in [0.2, 0.25) is 0 Å². The van der Waals surface area contributed by atoms with Gasteiger partial charge in [-0.1, -0.05) is 48.6 Å². The number of allylic oxidation sites excluding steroid dienone is 2. The molecule has 0 spiro atoms. The van der Waals surface area contributed by atoms with E-state index in [4.69, 9.17) is 4.42 Å². The SMILES string of the molecule is C1=CCNC(n2c3c4ccccc4ccc3c3[nH]c4ccc(-c5ccco5)cc4c32)=C1. The van der Waals surface area contributed by atoms with Crippen molar-refractivity contribution in [2.45, 2.75) is 0 Å². The molecular formula is C27H19N3O. The highest BCUT2D eigenvalue weighted by Gasteiger charge is 2.21. The van der Waals surface area contributed by atoms with E-state index in [1.165, 1.54) is 32.6 Å². The number of furan rings is 1. The molecule has 31 heavy (non-hydrogen) atoms. The van der Waals surface area contributed by atoms with Crippen LogP contribution < -0.4 is 5.32 Å². The van der Waals surface area contributed by atoms with Gasteiger partial charge in [0, 0.05) is 33.8 Å². The first-order chi connectivity index (χ1) is 15.4. The van der Waals surface area contributed by atoms with Crippen molar-refractivity contribution in [1.82, 2.24) is 14.9 Å². The van der Waals surface area contributed by atoms with Crippen molar-refractivity contribution in [3.05, 3.63) is 91.2 Å². The van der Waals surface area contributed by atoms with E-state index in [1.807, 2.05) is 12.1 Å². The number of aromatic amines is 1. The Kier molecular flexibility index (Phi) is 3.30. The molecule has 0 unspecified atom stereocenters. The molecule has 0 bridgehead atoms. The van der Waals surface area contributed by atoms with E-state index in [-0.39, 0.29) is 0 Å². The zero-order valence-electron chi connectivity index (χ0n) is 16.7. The van der Waals surface area contributed by atoms with Crippen LogP contribution in [0.15, 0.2) is 95.6 Å². The van der Waals surface area contributed by atoms with E-state index in [9.17, 15) is 0 Å². The number of nitrogens with one attached hydrogen (secondary N) is 2. The van der Waals surface area contributed by atoms with Gasteiger partial charge < -0.3 is 14.7 Å². The largest absolute Gasteiger partial charge is 0.464 e. The molecule has 7 rings (SSSR count). The van der Waals surface area contributed by atoms with Gasteiger partial charge in [0.25, 0.3) is 0 Å². The maximum Gasteiger partial charge on any atom is 0.133 e. The first kappa shape index (κ1) is 16.6. The number of rotatable bonds is 2. The Morgan fingerprint density at radius 2 is 1.81 bits per heavy atom. The van der Waals surface area contributed by atoms with Gasteiger partial charge in [0.15, 0.2) is 0 Å². The molecule has 1 aliphatic rings. The van der Waals surface area contributed by atoms with Crippen LogP contribution in [0.3, 0.4) is 0 Å². The number of hydrogen-bond donors (Lipinski definition) is 2. The number of benzene rings is 3. The zero-order valence-corrected chi connectivity index (χ0v) is 16.7. The fourth-order valence-corrected chi connectivity index (χ4v) is 4.85. The summed E-state index contributed by atoms with van der Waals surface area (Å²) < 4.78 is 8.05. The summed E-state index contributed by atoms with van der Waals surface area (Å²) in [5, 5.41) is 8.46. The first-order valence-electron chi connectivity index (χ1n) is 10.5. The third-order valence-electron chi connectivity index (χ3n) is 6.23. The van der Waals surface area contributed by atoms with Gasteiger partial charge in [-0.05, 0) is 41.8 Å². The van der Waals surface area contributed by atoms with Crippen molar-refractivity contribution in [3.8, 4) is 11.3 Å². The fourth-order valence-electron chi connectivity index (χ4n) is 4.85. The predicted molar refractivity (Wildman–Crippen MR) is 128 cm³/mol. The minimum Gasteiger partial charge on any atom is -0.464 e. The minimum absolute atomic E-state index is 0.817. The predicted octanol–water partition coefficient (Wildman–Crippen LogP) is 6.65. The van der Waals surface area contributed by atoms with Crippen molar-refractivity contribution in [2.24, 2.45) is 0 Å². The molecular weight excluding hydrogens is 382 g/mol. The van der Waals surface area contributed by atoms with Gasteiger partial charge in [-0.25, -0.2) is 0 Å². The molecule has 0 aliphatic carbocycles. The van der Waals surface area contributed by atoms with Crippen LogP contribution >= 0.6 is 0 Å². The summed E-state index contributed by atoms with van der Waals surface area (Å²) in [5.41, 5.74) is 5.76. The second-order valence-corrected chi connectivity index (χ2v) is 7.97. The monoisotopic (exact) mass is 401 g/mol. The van der Waals surface area contributed by atoms with Gasteiger partial charge in [-0.3, -0.25) is 4.57 Å². The van der Waals surface area contributed by atoms with E-state index in [0.717, 1.165) is 34.7 Å². The quantitative estimate of drug-likeness (QED) is 0.341. The highest BCUT2D eigenvalue weighted by molar-refractivity contribution is 6.24. The molecule has 4 heteroatoms. The van der Waals surface area contributed by atoms with Crippen LogP contribution in [-0.4, -0.2) is 16.1 Å². The van der Waals surface area contributed by atoms with E-state index in [1.54, 1.807) is 6.26 Å². The van der Waals surface area contributed by atoms with Gasteiger partial charge >= 0.3 is 0 Å². The molecule has 0 saturated carbocycles. The normalized spacial score (nSPS) is 14.0. The highest BCUT2D eigenvalue weighted by Crippen LogP contribution is 2.40. The Balaban J connectivity index is 1.68. The van der Waals surface area contributed by atoms with Crippen molar-refractivity contribution in [3.63, 3.8) is 0 Å². The average Bonchev–Trinajstić information content (AvgIpc) is 3.55. The Bertz CT molecular complexity index is 1680.